The van der Waals surface area contributed by atoms with E-state index in [9.17, 15) is 0 Å². The normalized spacial score (nSPS) is 12.9. The molecule has 187 valence electrons. The third-order valence-electron chi connectivity index (χ3n) is 6.11. The second-order valence-electron chi connectivity index (χ2n) is 13.3. The summed E-state index contributed by atoms with van der Waals surface area (Å²) in [6, 6.07) is 9.46. The minimum atomic E-state index is -0.00111. The molecule has 0 atom stereocenters. The summed E-state index contributed by atoms with van der Waals surface area (Å²) in [4.78, 5) is 0. The van der Waals surface area contributed by atoms with Crippen molar-refractivity contribution >= 4 is 27.6 Å². The van der Waals surface area contributed by atoms with E-state index in [0.717, 1.165) is 11.5 Å². The average Bonchev–Trinajstić information content (AvgIpc) is 2.63. The van der Waals surface area contributed by atoms with Crippen LogP contribution in [-0.2, 0) is 21.7 Å². The molecule has 34 heavy (non-hydrogen) atoms. The van der Waals surface area contributed by atoms with Gasteiger partial charge in [-0.15, -0.1) is 0 Å². The lowest BCUT2D eigenvalue weighted by molar-refractivity contribution is 0.381. The van der Waals surface area contributed by atoms with Crippen molar-refractivity contribution in [3.05, 3.63) is 46.5 Å². The molecular formula is C30H47BO2P. The highest BCUT2D eigenvalue weighted by atomic mass is 31.1. The van der Waals surface area contributed by atoms with Gasteiger partial charge in [0.15, 0.2) is 0 Å². The summed E-state index contributed by atoms with van der Waals surface area (Å²) in [7, 11) is 4.17. The number of hydrogen-bond donors (Lipinski definition) is 0. The van der Waals surface area contributed by atoms with Crippen LogP contribution in [0.25, 0.3) is 0 Å². The van der Waals surface area contributed by atoms with Crippen LogP contribution in [0.3, 0.4) is 0 Å². The van der Waals surface area contributed by atoms with Gasteiger partial charge in [-0.1, -0.05) is 91.7 Å². The molecule has 0 saturated carbocycles. The second kappa shape index (κ2) is 10.3. The maximum atomic E-state index is 5.98. The number of ether oxygens (including phenoxy) is 2. The standard InChI is InChI=1S/C30H47O2P.B/c1-27(2,3)21-15-19(16-22(25(21)31-13)28(4,5)6)33-20-17-23(29(7,8)9)26(32-14)24(18-20)30(10,11)12;/h15-18,33H,1-14H3;. The number of rotatable bonds is 4. The maximum absolute atomic E-state index is 5.98. The fraction of sp³-hybridized carbons (Fsp3) is 0.600. The topological polar surface area (TPSA) is 18.5 Å². The molecule has 2 aromatic carbocycles. The van der Waals surface area contributed by atoms with Gasteiger partial charge in [0.2, 0.25) is 0 Å². The van der Waals surface area contributed by atoms with Crippen LogP contribution in [0.15, 0.2) is 24.3 Å². The zero-order valence-corrected chi connectivity index (χ0v) is 25.2. The number of methoxy groups -OCH3 is 2. The molecule has 0 aliphatic rings. The highest BCUT2D eigenvalue weighted by Gasteiger charge is 2.29. The van der Waals surface area contributed by atoms with Crippen LogP contribution in [0.1, 0.15) is 105 Å². The molecule has 0 unspecified atom stereocenters. The fourth-order valence-electron chi connectivity index (χ4n) is 4.24. The summed E-state index contributed by atoms with van der Waals surface area (Å²) in [5.41, 5.74) is 5.11. The van der Waals surface area contributed by atoms with Gasteiger partial charge in [0.1, 0.15) is 11.5 Å². The quantitative estimate of drug-likeness (QED) is 0.341. The van der Waals surface area contributed by atoms with Gasteiger partial charge < -0.3 is 9.47 Å². The third kappa shape index (κ3) is 6.81. The van der Waals surface area contributed by atoms with E-state index in [1.165, 1.54) is 32.9 Å². The molecule has 0 N–H and O–H groups in total. The lowest BCUT2D eigenvalue weighted by atomic mass is 9.79. The van der Waals surface area contributed by atoms with Gasteiger partial charge in [0, 0.05) is 30.7 Å². The molecule has 0 bridgehead atoms. The van der Waals surface area contributed by atoms with Crippen molar-refractivity contribution < 1.29 is 9.47 Å². The van der Waals surface area contributed by atoms with Crippen LogP contribution in [0.4, 0.5) is 0 Å². The van der Waals surface area contributed by atoms with Gasteiger partial charge in [-0.25, -0.2) is 0 Å². The van der Waals surface area contributed by atoms with Crippen molar-refractivity contribution in [3.63, 3.8) is 0 Å². The summed E-state index contributed by atoms with van der Waals surface area (Å²) in [5.74, 6) is 2.06. The summed E-state index contributed by atoms with van der Waals surface area (Å²) in [6.45, 7) is 27.2. The van der Waals surface area contributed by atoms with Crippen LogP contribution < -0.4 is 20.1 Å². The summed E-state index contributed by atoms with van der Waals surface area (Å²) >= 11 is 0. The fourth-order valence-corrected chi connectivity index (χ4v) is 5.44. The predicted octanol–water partition coefficient (Wildman–Crippen LogP) is 7.14. The highest BCUT2D eigenvalue weighted by molar-refractivity contribution is 7.55. The molecule has 0 aromatic heterocycles. The average molecular weight is 481 g/mol. The van der Waals surface area contributed by atoms with Crippen LogP contribution in [0, 0.1) is 0 Å². The van der Waals surface area contributed by atoms with Gasteiger partial charge in [0.25, 0.3) is 0 Å². The Balaban J connectivity index is 0.00000578. The minimum Gasteiger partial charge on any atom is -0.496 e. The van der Waals surface area contributed by atoms with Gasteiger partial charge in [0.05, 0.1) is 14.2 Å². The zero-order chi connectivity index (χ0) is 25.6. The Morgan fingerprint density at radius 3 is 0.824 bits per heavy atom. The SMILES string of the molecule is COc1c(C(C)(C)C)cc(Pc2cc(C(C)(C)C)c(OC)c(C(C)(C)C)c2)cc1C(C)(C)C.[B]. The molecule has 2 rings (SSSR count). The van der Waals surface area contributed by atoms with E-state index in [2.05, 4.69) is 107 Å². The predicted molar refractivity (Wildman–Crippen MR) is 154 cm³/mol. The lowest BCUT2D eigenvalue weighted by Crippen LogP contribution is -2.24. The van der Waals surface area contributed by atoms with E-state index < -0.39 is 0 Å². The van der Waals surface area contributed by atoms with Crippen molar-refractivity contribution in [1.29, 1.82) is 0 Å². The van der Waals surface area contributed by atoms with E-state index >= 15 is 0 Å². The molecule has 0 heterocycles. The molecule has 4 heteroatoms. The molecule has 0 saturated heterocycles. The lowest BCUT2D eigenvalue weighted by Gasteiger charge is -2.31. The zero-order valence-electron chi connectivity index (χ0n) is 24.2. The highest BCUT2D eigenvalue weighted by Crippen LogP contribution is 2.42. The monoisotopic (exact) mass is 481 g/mol. The Labute approximate surface area is 214 Å². The molecule has 0 fully saturated rings. The largest absolute Gasteiger partial charge is 0.496 e. The molecule has 0 amide bonds. The van der Waals surface area contributed by atoms with E-state index in [4.69, 9.17) is 9.47 Å². The number of hydrogen-bond acceptors (Lipinski definition) is 2. The van der Waals surface area contributed by atoms with Crippen LogP contribution in [0.5, 0.6) is 11.5 Å². The molecule has 2 nitrogen and oxygen atoms in total. The first-order valence-electron chi connectivity index (χ1n) is 12.0. The van der Waals surface area contributed by atoms with Gasteiger partial charge in [-0.05, 0) is 56.5 Å². The third-order valence-corrected chi connectivity index (χ3v) is 7.26. The van der Waals surface area contributed by atoms with E-state index in [0.29, 0.717) is 8.58 Å². The smallest absolute Gasteiger partial charge is 0.126 e. The van der Waals surface area contributed by atoms with Crippen molar-refractivity contribution in [2.24, 2.45) is 0 Å². The first-order chi connectivity index (χ1) is 14.8. The minimum absolute atomic E-state index is 0. The second-order valence-corrected chi connectivity index (χ2v) is 14.7. The first kappa shape index (κ1) is 30.6. The number of benzene rings is 2. The maximum Gasteiger partial charge on any atom is 0.126 e. The molecule has 0 spiro atoms. The Morgan fingerprint density at radius 1 is 0.471 bits per heavy atom. The van der Waals surface area contributed by atoms with Crippen molar-refractivity contribution in [2.75, 3.05) is 14.2 Å². The van der Waals surface area contributed by atoms with Gasteiger partial charge in [-0.2, -0.15) is 0 Å². The van der Waals surface area contributed by atoms with Crippen molar-refractivity contribution in [3.8, 4) is 11.5 Å². The molecule has 0 aliphatic carbocycles. The van der Waals surface area contributed by atoms with Crippen LogP contribution in [-0.4, -0.2) is 22.6 Å². The van der Waals surface area contributed by atoms with Crippen molar-refractivity contribution in [1.82, 2.24) is 0 Å². The Kier molecular flexibility index (Phi) is 9.22. The van der Waals surface area contributed by atoms with E-state index in [1.807, 2.05) is 0 Å². The Hall–Kier alpha value is -1.47. The van der Waals surface area contributed by atoms with Gasteiger partial charge >= 0.3 is 0 Å². The molecule has 3 radical (unpaired) electrons. The van der Waals surface area contributed by atoms with Crippen LogP contribution in [0.2, 0.25) is 0 Å². The van der Waals surface area contributed by atoms with E-state index in [-0.39, 0.29) is 30.1 Å². The Bertz CT molecular complexity index is 845. The molecular weight excluding hydrogens is 434 g/mol. The Morgan fingerprint density at radius 2 is 0.676 bits per heavy atom. The van der Waals surface area contributed by atoms with E-state index in [1.54, 1.807) is 14.2 Å². The van der Waals surface area contributed by atoms with Gasteiger partial charge in [-0.3, -0.25) is 0 Å². The summed E-state index contributed by atoms with van der Waals surface area (Å²) in [6.07, 6.45) is 0. The van der Waals surface area contributed by atoms with Crippen molar-refractivity contribution in [2.45, 2.75) is 105 Å². The summed E-state index contributed by atoms with van der Waals surface area (Å²) < 4.78 is 12.0. The summed E-state index contributed by atoms with van der Waals surface area (Å²) in [5, 5.41) is 2.71. The molecule has 0 aliphatic heterocycles. The van der Waals surface area contributed by atoms with Crippen LogP contribution >= 0.6 is 8.58 Å². The molecule has 2 aromatic rings. The first-order valence-corrected chi connectivity index (χ1v) is 13.0.